The molecule has 96 valence electrons. The first-order valence-electron chi connectivity index (χ1n) is 6.44. The third-order valence-electron chi connectivity index (χ3n) is 3.50. The Morgan fingerprint density at radius 3 is 2.78 bits per heavy atom. The summed E-state index contributed by atoms with van der Waals surface area (Å²) in [7, 11) is 0. The van der Waals surface area contributed by atoms with Crippen molar-refractivity contribution in [3.63, 3.8) is 0 Å². The minimum atomic E-state index is 0.0855. The van der Waals surface area contributed by atoms with Gasteiger partial charge in [-0.25, -0.2) is 0 Å². The molecule has 0 saturated carbocycles. The van der Waals surface area contributed by atoms with Crippen molar-refractivity contribution in [2.24, 2.45) is 11.7 Å². The molecule has 1 fully saturated rings. The Bertz CT molecular complexity index is 427. The predicted molar refractivity (Wildman–Crippen MR) is 73.8 cm³/mol. The molecule has 0 radical (unpaired) electrons. The van der Waals surface area contributed by atoms with E-state index in [-0.39, 0.29) is 5.91 Å². The maximum absolute atomic E-state index is 12.1. The lowest BCUT2D eigenvalue weighted by atomic mass is 10.1. The molecule has 1 aliphatic rings. The molecule has 2 N–H and O–H groups in total. The standard InChI is InChI=1S/C15H20N2O/c1-12-9-14(10-16)11-17(12)15(18)8-7-13-5-3-2-4-6-13/h2-8,12,14H,9-11,16H2,1H3/b8-7+. The highest BCUT2D eigenvalue weighted by molar-refractivity contribution is 5.92. The summed E-state index contributed by atoms with van der Waals surface area (Å²) < 4.78 is 0. The summed E-state index contributed by atoms with van der Waals surface area (Å²) in [6.45, 7) is 3.54. The number of nitrogens with zero attached hydrogens (tertiary/aromatic N) is 1. The van der Waals surface area contributed by atoms with Gasteiger partial charge in [-0.05, 0) is 37.4 Å². The quantitative estimate of drug-likeness (QED) is 0.825. The molecule has 2 unspecified atom stereocenters. The van der Waals surface area contributed by atoms with Crippen LogP contribution in [-0.4, -0.2) is 29.9 Å². The highest BCUT2D eigenvalue weighted by Gasteiger charge is 2.30. The van der Waals surface area contributed by atoms with Crippen molar-refractivity contribution < 1.29 is 4.79 Å². The molecule has 1 aliphatic heterocycles. The van der Waals surface area contributed by atoms with Crippen molar-refractivity contribution >= 4 is 12.0 Å². The number of likely N-dealkylation sites (tertiary alicyclic amines) is 1. The zero-order valence-electron chi connectivity index (χ0n) is 10.8. The van der Waals surface area contributed by atoms with Gasteiger partial charge in [0, 0.05) is 18.7 Å². The second kappa shape index (κ2) is 5.83. The van der Waals surface area contributed by atoms with Crippen molar-refractivity contribution in [2.75, 3.05) is 13.1 Å². The van der Waals surface area contributed by atoms with Gasteiger partial charge in [0.2, 0.25) is 5.91 Å². The lowest BCUT2D eigenvalue weighted by Crippen LogP contribution is -2.33. The molecule has 0 aliphatic carbocycles. The fourth-order valence-electron chi connectivity index (χ4n) is 2.45. The van der Waals surface area contributed by atoms with Crippen LogP contribution in [0.4, 0.5) is 0 Å². The molecule has 0 spiro atoms. The Labute approximate surface area is 108 Å². The van der Waals surface area contributed by atoms with Gasteiger partial charge in [-0.15, -0.1) is 0 Å². The molecule has 1 saturated heterocycles. The van der Waals surface area contributed by atoms with E-state index >= 15 is 0 Å². The van der Waals surface area contributed by atoms with Crippen LogP contribution in [0.15, 0.2) is 36.4 Å². The molecule has 2 atom stereocenters. The van der Waals surface area contributed by atoms with Crippen LogP contribution in [0, 0.1) is 5.92 Å². The van der Waals surface area contributed by atoms with Crippen LogP contribution >= 0.6 is 0 Å². The van der Waals surface area contributed by atoms with Gasteiger partial charge >= 0.3 is 0 Å². The number of amides is 1. The van der Waals surface area contributed by atoms with Gasteiger partial charge < -0.3 is 10.6 Å². The Balaban J connectivity index is 1.98. The minimum absolute atomic E-state index is 0.0855. The largest absolute Gasteiger partial charge is 0.336 e. The number of carbonyl (C=O) groups is 1. The molecule has 3 nitrogen and oxygen atoms in total. The Morgan fingerprint density at radius 2 is 2.17 bits per heavy atom. The average Bonchev–Trinajstić information content (AvgIpc) is 2.78. The maximum Gasteiger partial charge on any atom is 0.246 e. The van der Waals surface area contributed by atoms with Gasteiger partial charge in [0.1, 0.15) is 0 Å². The summed E-state index contributed by atoms with van der Waals surface area (Å²) in [6, 6.07) is 10.2. The number of rotatable bonds is 3. The summed E-state index contributed by atoms with van der Waals surface area (Å²) in [5, 5.41) is 0. The molecule has 1 heterocycles. The van der Waals surface area contributed by atoms with Crippen molar-refractivity contribution in [1.29, 1.82) is 0 Å². The molecule has 1 aromatic carbocycles. The van der Waals surface area contributed by atoms with Gasteiger partial charge in [0.15, 0.2) is 0 Å². The van der Waals surface area contributed by atoms with Gasteiger partial charge in [0.25, 0.3) is 0 Å². The first kappa shape index (κ1) is 12.8. The van der Waals surface area contributed by atoms with Gasteiger partial charge in [-0.3, -0.25) is 4.79 Å². The fraction of sp³-hybridized carbons (Fsp3) is 0.400. The highest BCUT2D eigenvalue weighted by atomic mass is 16.2. The lowest BCUT2D eigenvalue weighted by Gasteiger charge is -2.19. The monoisotopic (exact) mass is 244 g/mol. The average molecular weight is 244 g/mol. The number of hydrogen-bond donors (Lipinski definition) is 1. The van der Waals surface area contributed by atoms with Gasteiger partial charge in [0.05, 0.1) is 0 Å². The van der Waals surface area contributed by atoms with Crippen LogP contribution < -0.4 is 5.73 Å². The van der Waals surface area contributed by atoms with E-state index in [0.29, 0.717) is 18.5 Å². The molecular formula is C15H20N2O. The summed E-state index contributed by atoms with van der Waals surface area (Å²) in [5.74, 6) is 0.538. The lowest BCUT2D eigenvalue weighted by molar-refractivity contribution is -0.126. The summed E-state index contributed by atoms with van der Waals surface area (Å²) >= 11 is 0. The summed E-state index contributed by atoms with van der Waals surface area (Å²) in [6.07, 6.45) is 4.54. The van der Waals surface area contributed by atoms with Gasteiger partial charge in [-0.2, -0.15) is 0 Å². The Kier molecular flexibility index (Phi) is 4.15. The number of hydrogen-bond acceptors (Lipinski definition) is 2. The van der Waals surface area contributed by atoms with E-state index < -0.39 is 0 Å². The molecule has 1 amide bonds. The van der Waals surface area contributed by atoms with Crippen molar-refractivity contribution in [2.45, 2.75) is 19.4 Å². The van der Waals surface area contributed by atoms with Crippen LogP contribution in [0.5, 0.6) is 0 Å². The zero-order chi connectivity index (χ0) is 13.0. The molecule has 3 heteroatoms. The normalized spacial score (nSPS) is 23.8. The number of benzene rings is 1. The second-order valence-electron chi connectivity index (χ2n) is 4.92. The first-order chi connectivity index (χ1) is 8.70. The fourth-order valence-corrected chi connectivity index (χ4v) is 2.45. The Hall–Kier alpha value is -1.61. The summed E-state index contributed by atoms with van der Waals surface area (Å²) in [4.78, 5) is 14.0. The molecule has 2 rings (SSSR count). The van der Waals surface area contributed by atoms with Crippen LogP contribution in [0.1, 0.15) is 18.9 Å². The van der Waals surface area contributed by atoms with Crippen molar-refractivity contribution in [1.82, 2.24) is 4.90 Å². The first-order valence-corrected chi connectivity index (χ1v) is 6.44. The van der Waals surface area contributed by atoms with Crippen LogP contribution in [0.25, 0.3) is 6.08 Å². The number of nitrogens with two attached hydrogens (primary N) is 1. The zero-order valence-corrected chi connectivity index (χ0v) is 10.8. The van der Waals surface area contributed by atoms with E-state index in [2.05, 4.69) is 6.92 Å². The predicted octanol–water partition coefficient (Wildman–Crippen LogP) is 1.90. The third kappa shape index (κ3) is 2.99. The van der Waals surface area contributed by atoms with E-state index in [0.717, 1.165) is 18.5 Å². The second-order valence-corrected chi connectivity index (χ2v) is 4.92. The van der Waals surface area contributed by atoms with E-state index in [1.54, 1.807) is 6.08 Å². The van der Waals surface area contributed by atoms with Crippen molar-refractivity contribution in [3.05, 3.63) is 42.0 Å². The van der Waals surface area contributed by atoms with E-state index in [4.69, 9.17) is 5.73 Å². The topological polar surface area (TPSA) is 46.3 Å². The highest BCUT2D eigenvalue weighted by Crippen LogP contribution is 2.22. The van der Waals surface area contributed by atoms with E-state index in [9.17, 15) is 4.79 Å². The number of carbonyl (C=O) groups excluding carboxylic acids is 1. The molecule has 0 bridgehead atoms. The summed E-state index contributed by atoms with van der Waals surface area (Å²) in [5.41, 5.74) is 6.72. The SMILES string of the molecule is CC1CC(CN)CN1C(=O)/C=C/c1ccccc1. The molecule has 1 aromatic rings. The van der Waals surface area contributed by atoms with Crippen LogP contribution in [0.3, 0.4) is 0 Å². The minimum Gasteiger partial charge on any atom is -0.336 e. The van der Waals surface area contributed by atoms with Crippen LogP contribution in [0.2, 0.25) is 0 Å². The molecular weight excluding hydrogens is 224 g/mol. The Morgan fingerprint density at radius 1 is 1.44 bits per heavy atom. The van der Waals surface area contributed by atoms with E-state index in [1.165, 1.54) is 0 Å². The van der Waals surface area contributed by atoms with Crippen LogP contribution in [-0.2, 0) is 4.79 Å². The third-order valence-corrected chi connectivity index (χ3v) is 3.50. The molecule has 0 aromatic heterocycles. The molecule has 18 heavy (non-hydrogen) atoms. The van der Waals surface area contributed by atoms with Crippen molar-refractivity contribution in [3.8, 4) is 0 Å². The van der Waals surface area contributed by atoms with Gasteiger partial charge in [-0.1, -0.05) is 30.3 Å². The van der Waals surface area contributed by atoms with E-state index in [1.807, 2.05) is 41.3 Å². The smallest absolute Gasteiger partial charge is 0.246 e. The maximum atomic E-state index is 12.1.